The van der Waals surface area contributed by atoms with E-state index in [1.165, 1.54) is 0 Å². The van der Waals surface area contributed by atoms with E-state index in [9.17, 15) is 4.79 Å². The van der Waals surface area contributed by atoms with Crippen molar-refractivity contribution in [2.24, 2.45) is 0 Å². The number of ether oxygens (including phenoxy) is 1. The number of rotatable bonds is 2. The first kappa shape index (κ1) is 15.8. The monoisotopic (exact) mass is 334 g/mol. The van der Waals surface area contributed by atoms with Crippen molar-refractivity contribution in [2.75, 3.05) is 13.1 Å². The molecule has 6 nitrogen and oxygen atoms in total. The van der Waals surface area contributed by atoms with Crippen molar-refractivity contribution >= 4 is 17.7 Å². The molecule has 23 heavy (non-hydrogen) atoms. The summed E-state index contributed by atoms with van der Waals surface area (Å²) in [4.78, 5) is 17.6. The molecule has 0 aliphatic carbocycles. The number of likely N-dealkylation sites (tertiary alicyclic amines) is 1. The molecule has 1 saturated heterocycles. The summed E-state index contributed by atoms with van der Waals surface area (Å²) in [5.41, 5.74) is 1.48. The molecule has 0 radical (unpaired) electrons. The lowest BCUT2D eigenvalue weighted by Gasteiger charge is -2.39. The molecule has 122 valence electrons. The average molecular weight is 335 g/mol. The van der Waals surface area contributed by atoms with Crippen LogP contribution in [0.2, 0.25) is 5.15 Å². The predicted molar refractivity (Wildman–Crippen MR) is 87.3 cm³/mol. The largest absolute Gasteiger partial charge is 0.444 e. The van der Waals surface area contributed by atoms with Crippen LogP contribution in [0.5, 0.6) is 0 Å². The molecule has 1 fully saturated rings. The molecule has 0 unspecified atom stereocenters. The van der Waals surface area contributed by atoms with Crippen molar-refractivity contribution in [3.05, 3.63) is 35.9 Å². The van der Waals surface area contributed by atoms with Crippen LogP contribution in [0.15, 0.2) is 30.7 Å². The van der Waals surface area contributed by atoms with E-state index in [0.717, 1.165) is 11.1 Å². The van der Waals surface area contributed by atoms with E-state index in [0.29, 0.717) is 18.2 Å². The van der Waals surface area contributed by atoms with Crippen molar-refractivity contribution in [2.45, 2.75) is 32.4 Å². The van der Waals surface area contributed by atoms with Crippen LogP contribution >= 0.6 is 11.6 Å². The van der Waals surface area contributed by atoms with Gasteiger partial charge in [-0.05, 0) is 38.5 Å². The van der Waals surface area contributed by atoms with E-state index in [2.05, 4.69) is 10.1 Å². The second-order valence-corrected chi connectivity index (χ2v) is 7.00. The van der Waals surface area contributed by atoms with Crippen LogP contribution in [0.25, 0.3) is 11.1 Å². The maximum atomic E-state index is 11.9. The Morgan fingerprint density at radius 2 is 2.09 bits per heavy atom. The topological polar surface area (TPSA) is 60.2 Å². The summed E-state index contributed by atoms with van der Waals surface area (Å²) in [6.07, 6.45) is 5.15. The lowest BCUT2D eigenvalue weighted by atomic mass is 10.1. The Morgan fingerprint density at radius 3 is 2.74 bits per heavy atom. The highest BCUT2D eigenvalue weighted by Gasteiger charge is 2.35. The van der Waals surface area contributed by atoms with Crippen LogP contribution in [0, 0.1) is 0 Å². The Bertz CT molecular complexity index is 717. The summed E-state index contributed by atoms with van der Waals surface area (Å²) in [5, 5.41) is 4.84. The van der Waals surface area contributed by atoms with Gasteiger partial charge in [-0.1, -0.05) is 11.6 Å². The second-order valence-electron chi connectivity index (χ2n) is 6.62. The van der Waals surface area contributed by atoms with Gasteiger partial charge >= 0.3 is 6.09 Å². The van der Waals surface area contributed by atoms with Crippen molar-refractivity contribution in [1.29, 1.82) is 0 Å². The molecule has 3 heterocycles. The van der Waals surface area contributed by atoms with Crippen LogP contribution in [0.3, 0.4) is 0 Å². The number of nitrogens with zero attached hydrogens (tertiary/aromatic N) is 4. The van der Waals surface area contributed by atoms with Crippen molar-refractivity contribution in [1.82, 2.24) is 19.7 Å². The Morgan fingerprint density at radius 1 is 1.35 bits per heavy atom. The van der Waals surface area contributed by atoms with Crippen LogP contribution in [-0.2, 0) is 4.74 Å². The van der Waals surface area contributed by atoms with E-state index in [4.69, 9.17) is 16.3 Å². The second kappa shape index (κ2) is 5.85. The summed E-state index contributed by atoms with van der Waals surface area (Å²) in [7, 11) is 0. The number of aromatic nitrogens is 3. The molecule has 0 saturated carbocycles. The molecule has 2 aromatic rings. The van der Waals surface area contributed by atoms with Gasteiger partial charge in [-0.2, -0.15) is 5.10 Å². The van der Waals surface area contributed by atoms with Gasteiger partial charge in [0.2, 0.25) is 0 Å². The van der Waals surface area contributed by atoms with E-state index < -0.39 is 5.60 Å². The maximum Gasteiger partial charge on any atom is 0.410 e. The molecule has 0 N–H and O–H groups in total. The minimum atomic E-state index is -0.471. The lowest BCUT2D eigenvalue weighted by molar-refractivity contribution is -0.000380. The van der Waals surface area contributed by atoms with Crippen LogP contribution in [-0.4, -0.2) is 44.4 Å². The molecule has 1 aliphatic rings. The van der Waals surface area contributed by atoms with Gasteiger partial charge in [0.1, 0.15) is 10.8 Å². The van der Waals surface area contributed by atoms with Crippen molar-refractivity contribution in [3.8, 4) is 11.1 Å². The van der Waals surface area contributed by atoms with Gasteiger partial charge in [-0.15, -0.1) is 0 Å². The number of halogens is 1. The third-order valence-electron chi connectivity index (χ3n) is 3.55. The van der Waals surface area contributed by atoms with Gasteiger partial charge in [-0.3, -0.25) is 4.68 Å². The number of hydrogen-bond donors (Lipinski definition) is 0. The SMILES string of the molecule is CC(C)(C)OC(=O)N1CC(n2cc(-c3ccnc(Cl)c3)cn2)C1. The molecule has 3 rings (SSSR count). The summed E-state index contributed by atoms with van der Waals surface area (Å²) in [6.45, 7) is 6.80. The van der Waals surface area contributed by atoms with Crippen LogP contribution in [0.1, 0.15) is 26.8 Å². The number of amides is 1. The molecular weight excluding hydrogens is 316 g/mol. The normalized spacial score (nSPS) is 15.4. The standard InChI is InChI=1S/C16H19ClN4O2/c1-16(2,3)23-15(22)20-9-13(10-20)21-8-12(7-19-21)11-4-5-18-14(17)6-11/h4-8,13H,9-10H2,1-3H3. The molecule has 7 heteroatoms. The third-order valence-corrected chi connectivity index (χ3v) is 3.76. The average Bonchev–Trinajstić information content (AvgIpc) is 2.84. The summed E-state index contributed by atoms with van der Waals surface area (Å²) < 4.78 is 7.23. The number of carbonyl (C=O) groups excluding carboxylic acids is 1. The van der Waals surface area contributed by atoms with E-state index >= 15 is 0 Å². The Hall–Kier alpha value is -2.08. The fourth-order valence-corrected chi connectivity index (χ4v) is 2.54. The quantitative estimate of drug-likeness (QED) is 0.790. The highest BCUT2D eigenvalue weighted by atomic mass is 35.5. The zero-order valence-electron chi connectivity index (χ0n) is 13.4. The number of pyridine rings is 1. The fourth-order valence-electron chi connectivity index (χ4n) is 2.37. The maximum absolute atomic E-state index is 11.9. The number of hydrogen-bond acceptors (Lipinski definition) is 4. The minimum absolute atomic E-state index is 0.175. The third kappa shape index (κ3) is 3.64. The molecule has 0 atom stereocenters. The zero-order valence-corrected chi connectivity index (χ0v) is 14.1. The van der Waals surface area contributed by atoms with Crippen LogP contribution < -0.4 is 0 Å². The van der Waals surface area contributed by atoms with E-state index in [1.807, 2.05) is 37.7 Å². The van der Waals surface area contributed by atoms with Crippen LogP contribution in [0.4, 0.5) is 4.79 Å². The molecule has 2 aromatic heterocycles. The van der Waals surface area contributed by atoms with Gasteiger partial charge in [0.05, 0.1) is 12.2 Å². The molecule has 0 aromatic carbocycles. The van der Waals surface area contributed by atoms with Gasteiger partial charge in [0.15, 0.2) is 0 Å². The van der Waals surface area contributed by atoms with Gasteiger partial charge < -0.3 is 9.64 Å². The molecule has 1 amide bonds. The summed E-state index contributed by atoms with van der Waals surface area (Å²) in [5.74, 6) is 0. The molecule has 1 aliphatic heterocycles. The van der Waals surface area contributed by atoms with Gasteiger partial charge in [0, 0.05) is 31.0 Å². The van der Waals surface area contributed by atoms with E-state index in [1.54, 1.807) is 23.4 Å². The fraction of sp³-hybridized carbons (Fsp3) is 0.438. The smallest absolute Gasteiger partial charge is 0.410 e. The first-order valence-corrected chi connectivity index (χ1v) is 7.83. The highest BCUT2D eigenvalue weighted by Crippen LogP contribution is 2.26. The summed E-state index contributed by atoms with van der Waals surface area (Å²) >= 11 is 5.91. The minimum Gasteiger partial charge on any atom is -0.444 e. The zero-order chi connectivity index (χ0) is 16.6. The first-order chi connectivity index (χ1) is 10.8. The Balaban J connectivity index is 1.62. The van der Waals surface area contributed by atoms with Gasteiger partial charge in [-0.25, -0.2) is 9.78 Å². The Labute approximate surface area is 140 Å². The van der Waals surface area contributed by atoms with Crippen molar-refractivity contribution in [3.63, 3.8) is 0 Å². The molecule has 0 bridgehead atoms. The Kier molecular flexibility index (Phi) is 4.02. The van der Waals surface area contributed by atoms with Gasteiger partial charge in [0.25, 0.3) is 0 Å². The number of carbonyl (C=O) groups is 1. The van der Waals surface area contributed by atoms with E-state index in [-0.39, 0.29) is 12.1 Å². The predicted octanol–water partition coefficient (Wildman–Crippen LogP) is 3.39. The summed E-state index contributed by atoms with van der Waals surface area (Å²) in [6, 6.07) is 3.87. The molecule has 0 spiro atoms. The first-order valence-electron chi connectivity index (χ1n) is 7.46. The highest BCUT2D eigenvalue weighted by molar-refractivity contribution is 6.29. The lowest BCUT2D eigenvalue weighted by Crippen LogP contribution is -2.52. The molecular formula is C16H19ClN4O2. The van der Waals surface area contributed by atoms with Crippen molar-refractivity contribution < 1.29 is 9.53 Å².